The van der Waals surface area contributed by atoms with Gasteiger partial charge in [-0.05, 0) is 25.1 Å². The number of aryl methyl sites for hydroxylation is 1. The van der Waals surface area contributed by atoms with Gasteiger partial charge < -0.3 is 14.2 Å². The molecule has 0 bridgehead atoms. The molecule has 0 spiro atoms. The fraction of sp³-hybridized carbons (Fsp3) is 0.250. The molecule has 1 aliphatic rings. The summed E-state index contributed by atoms with van der Waals surface area (Å²) in [6, 6.07) is 13.5. The first-order chi connectivity index (χ1) is 12.6. The second kappa shape index (κ2) is 7.41. The molecular weight excluding hydrogens is 373 g/mol. The third kappa shape index (κ3) is 3.38. The van der Waals surface area contributed by atoms with Crippen LogP contribution in [0.1, 0.15) is 23.1 Å². The van der Waals surface area contributed by atoms with Gasteiger partial charge in [0.2, 0.25) is 0 Å². The maximum absolute atomic E-state index is 6.56. The Balaban J connectivity index is 1.64. The molecular formula is C20H17Cl2NO3. The minimum atomic E-state index is -0.458. The highest BCUT2D eigenvalue weighted by molar-refractivity contribution is 6.36. The summed E-state index contributed by atoms with van der Waals surface area (Å²) in [5.41, 5.74) is 3.22. The van der Waals surface area contributed by atoms with Crippen molar-refractivity contribution in [3.05, 3.63) is 69.3 Å². The van der Waals surface area contributed by atoms with Crippen molar-refractivity contribution in [1.82, 2.24) is 4.98 Å². The third-order valence-corrected chi connectivity index (χ3v) is 5.09. The minimum Gasteiger partial charge on any atom is -0.487 e. The standard InChI is InChI=1S/C20H17Cl2NO3/c1-12-5-6-13-3-2-4-17(19(13)23-12)26-11-15-16(21)8-7-14(18(15)22)20-24-9-10-25-20/h2-8,20H,9-11H2,1H3. The molecule has 4 nitrogen and oxygen atoms in total. The molecule has 1 aromatic heterocycles. The smallest absolute Gasteiger partial charge is 0.185 e. The molecule has 1 fully saturated rings. The van der Waals surface area contributed by atoms with Crippen molar-refractivity contribution in [3.63, 3.8) is 0 Å². The van der Waals surface area contributed by atoms with Crippen LogP contribution in [0.25, 0.3) is 10.9 Å². The first kappa shape index (κ1) is 17.6. The normalized spacial score (nSPS) is 14.9. The van der Waals surface area contributed by atoms with Gasteiger partial charge in [-0.15, -0.1) is 0 Å². The average molecular weight is 390 g/mol. The Morgan fingerprint density at radius 3 is 2.69 bits per heavy atom. The predicted octanol–water partition coefficient (Wildman–Crippen LogP) is 5.47. The average Bonchev–Trinajstić information content (AvgIpc) is 3.16. The molecule has 0 aliphatic carbocycles. The van der Waals surface area contributed by atoms with E-state index in [2.05, 4.69) is 4.98 Å². The number of halogens is 2. The number of para-hydroxylation sites is 1. The zero-order chi connectivity index (χ0) is 18.1. The van der Waals surface area contributed by atoms with Crippen LogP contribution in [0, 0.1) is 6.92 Å². The summed E-state index contributed by atoms with van der Waals surface area (Å²) in [7, 11) is 0. The van der Waals surface area contributed by atoms with Gasteiger partial charge in [0.1, 0.15) is 17.9 Å². The molecule has 0 amide bonds. The van der Waals surface area contributed by atoms with E-state index in [-0.39, 0.29) is 6.61 Å². The van der Waals surface area contributed by atoms with Gasteiger partial charge in [0.05, 0.1) is 18.2 Å². The lowest BCUT2D eigenvalue weighted by Crippen LogP contribution is -2.04. The molecule has 1 saturated heterocycles. The van der Waals surface area contributed by atoms with Crippen molar-refractivity contribution in [2.45, 2.75) is 19.8 Å². The summed E-state index contributed by atoms with van der Waals surface area (Å²) in [5, 5.41) is 2.07. The van der Waals surface area contributed by atoms with Gasteiger partial charge in [-0.1, -0.05) is 47.5 Å². The van der Waals surface area contributed by atoms with Crippen LogP contribution in [-0.4, -0.2) is 18.2 Å². The molecule has 6 heteroatoms. The van der Waals surface area contributed by atoms with Gasteiger partial charge in [0.15, 0.2) is 6.29 Å². The van der Waals surface area contributed by atoms with E-state index in [9.17, 15) is 0 Å². The number of benzene rings is 2. The summed E-state index contributed by atoms with van der Waals surface area (Å²) in [6.45, 7) is 3.29. The molecule has 2 aromatic carbocycles. The van der Waals surface area contributed by atoms with E-state index in [0.717, 1.165) is 22.2 Å². The zero-order valence-electron chi connectivity index (χ0n) is 14.2. The van der Waals surface area contributed by atoms with Gasteiger partial charge in [0.25, 0.3) is 0 Å². The topological polar surface area (TPSA) is 40.6 Å². The van der Waals surface area contributed by atoms with Crippen LogP contribution in [0.2, 0.25) is 10.0 Å². The van der Waals surface area contributed by atoms with E-state index < -0.39 is 6.29 Å². The lowest BCUT2D eigenvalue weighted by atomic mass is 10.1. The van der Waals surface area contributed by atoms with Crippen LogP contribution in [0.4, 0.5) is 0 Å². The maximum Gasteiger partial charge on any atom is 0.185 e. The van der Waals surface area contributed by atoms with Crippen molar-refractivity contribution in [1.29, 1.82) is 0 Å². The summed E-state index contributed by atoms with van der Waals surface area (Å²) in [4.78, 5) is 4.58. The molecule has 1 aliphatic heterocycles. The Morgan fingerprint density at radius 1 is 1.08 bits per heavy atom. The summed E-state index contributed by atoms with van der Waals surface area (Å²) >= 11 is 12.9. The second-order valence-corrected chi connectivity index (χ2v) is 6.86. The van der Waals surface area contributed by atoms with Crippen molar-refractivity contribution >= 4 is 34.1 Å². The lowest BCUT2D eigenvalue weighted by Gasteiger charge is -2.16. The molecule has 134 valence electrons. The third-order valence-electron chi connectivity index (χ3n) is 4.29. The zero-order valence-corrected chi connectivity index (χ0v) is 15.7. The fourth-order valence-electron chi connectivity index (χ4n) is 2.95. The Bertz CT molecular complexity index is 955. The van der Waals surface area contributed by atoms with Crippen LogP contribution >= 0.6 is 23.2 Å². The van der Waals surface area contributed by atoms with E-state index in [0.29, 0.717) is 34.6 Å². The largest absolute Gasteiger partial charge is 0.487 e. The number of hydrogen-bond acceptors (Lipinski definition) is 4. The Morgan fingerprint density at radius 2 is 1.88 bits per heavy atom. The van der Waals surface area contributed by atoms with E-state index in [1.54, 1.807) is 6.07 Å². The van der Waals surface area contributed by atoms with E-state index >= 15 is 0 Å². The maximum atomic E-state index is 6.56. The van der Waals surface area contributed by atoms with Crippen LogP contribution in [-0.2, 0) is 16.1 Å². The van der Waals surface area contributed by atoms with Gasteiger partial charge in [-0.25, -0.2) is 4.98 Å². The highest BCUT2D eigenvalue weighted by Crippen LogP contribution is 2.36. The van der Waals surface area contributed by atoms with Crippen LogP contribution in [0.5, 0.6) is 5.75 Å². The van der Waals surface area contributed by atoms with Crippen molar-refractivity contribution in [3.8, 4) is 5.75 Å². The van der Waals surface area contributed by atoms with Crippen LogP contribution in [0.15, 0.2) is 42.5 Å². The van der Waals surface area contributed by atoms with E-state index in [4.69, 9.17) is 37.4 Å². The van der Waals surface area contributed by atoms with Crippen molar-refractivity contribution in [2.24, 2.45) is 0 Å². The summed E-state index contributed by atoms with van der Waals surface area (Å²) in [5.74, 6) is 0.692. The fourth-order valence-corrected chi connectivity index (χ4v) is 3.52. The van der Waals surface area contributed by atoms with E-state index in [1.165, 1.54) is 0 Å². The van der Waals surface area contributed by atoms with E-state index in [1.807, 2.05) is 43.3 Å². The van der Waals surface area contributed by atoms with Gasteiger partial charge in [-0.2, -0.15) is 0 Å². The Hall–Kier alpha value is -1.85. The Kier molecular flexibility index (Phi) is 5.00. The van der Waals surface area contributed by atoms with Crippen molar-refractivity contribution < 1.29 is 14.2 Å². The first-order valence-electron chi connectivity index (χ1n) is 8.32. The molecule has 0 N–H and O–H groups in total. The summed E-state index contributed by atoms with van der Waals surface area (Å²) < 4.78 is 17.1. The van der Waals surface area contributed by atoms with Gasteiger partial charge in [0, 0.05) is 27.2 Å². The number of hydrogen-bond donors (Lipinski definition) is 0. The molecule has 26 heavy (non-hydrogen) atoms. The molecule has 0 saturated carbocycles. The monoisotopic (exact) mass is 389 g/mol. The molecule has 0 atom stereocenters. The quantitative estimate of drug-likeness (QED) is 0.592. The molecule has 2 heterocycles. The summed E-state index contributed by atoms with van der Waals surface area (Å²) in [6.07, 6.45) is -0.458. The minimum absolute atomic E-state index is 0.229. The van der Waals surface area contributed by atoms with Gasteiger partial charge >= 0.3 is 0 Å². The Labute approximate surface area is 161 Å². The number of pyridine rings is 1. The van der Waals surface area contributed by atoms with Crippen LogP contribution in [0.3, 0.4) is 0 Å². The lowest BCUT2D eigenvalue weighted by molar-refractivity contribution is -0.0441. The molecule has 3 aromatic rings. The highest BCUT2D eigenvalue weighted by Gasteiger charge is 2.23. The number of fused-ring (bicyclic) bond motifs is 1. The molecule has 0 unspecified atom stereocenters. The SMILES string of the molecule is Cc1ccc2cccc(OCc3c(Cl)ccc(C4OCCO4)c3Cl)c2n1. The number of nitrogens with zero attached hydrogens (tertiary/aromatic N) is 1. The molecule has 0 radical (unpaired) electrons. The number of rotatable bonds is 4. The molecule has 4 rings (SSSR count). The first-order valence-corrected chi connectivity index (χ1v) is 9.08. The predicted molar refractivity (Wildman–Crippen MR) is 102 cm³/mol. The highest BCUT2D eigenvalue weighted by atomic mass is 35.5. The van der Waals surface area contributed by atoms with Gasteiger partial charge in [-0.3, -0.25) is 0 Å². The number of aromatic nitrogens is 1. The van der Waals surface area contributed by atoms with Crippen LogP contribution < -0.4 is 4.74 Å². The van der Waals surface area contributed by atoms with Crippen molar-refractivity contribution in [2.75, 3.05) is 13.2 Å². The second-order valence-electron chi connectivity index (χ2n) is 6.07. The number of ether oxygens (including phenoxy) is 3.